The molecular weight excluding hydrogens is 555 g/mol. The maximum absolute atomic E-state index is 5.19. The van der Waals surface area contributed by atoms with Crippen LogP contribution in [0.25, 0.3) is 92.2 Å². The summed E-state index contributed by atoms with van der Waals surface area (Å²) in [5.41, 5.74) is 10.3. The fraction of sp³-hybridized carbons (Fsp3) is 0. The van der Waals surface area contributed by atoms with E-state index >= 15 is 0 Å². The number of rotatable bonds is 3. The van der Waals surface area contributed by atoms with Crippen molar-refractivity contribution in [1.29, 1.82) is 0 Å². The minimum absolute atomic E-state index is 0.751. The van der Waals surface area contributed by atoms with E-state index in [-0.39, 0.29) is 0 Å². The van der Waals surface area contributed by atoms with Crippen molar-refractivity contribution in [2.24, 2.45) is 0 Å². The number of nitrogens with zero attached hydrogens (tertiary/aromatic N) is 3. The number of thiophene rings is 1. The van der Waals surface area contributed by atoms with Gasteiger partial charge in [0, 0.05) is 42.8 Å². The van der Waals surface area contributed by atoms with Gasteiger partial charge in [0.15, 0.2) is 5.82 Å². The Morgan fingerprint density at radius 3 is 1.93 bits per heavy atom. The maximum atomic E-state index is 5.19. The third-order valence-electron chi connectivity index (χ3n) is 8.95. The first-order valence-corrected chi connectivity index (χ1v) is 15.7. The first-order valence-electron chi connectivity index (χ1n) is 14.8. The molecule has 0 amide bonds. The van der Waals surface area contributed by atoms with E-state index in [1.807, 2.05) is 24.3 Å². The summed E-state index contributed by atoms with van der Waals surface area (Å²) in [5, 5.41) is 6.37. The molecule has 0 saturated carbocycles. The van der Waals surface area contributed by atoms with Crippen molar-refractivity contribution in [3.63, 3.8) is 0 Å². The highest BCUT2D eigenvalue weighted by Gasteiger charge is 2.19. The van der Waals surface area contributed by atoms with E-state index in [0.717, 1.165) is 38.2 Å². The predicted octanol–water partition coefficient (Wildman–Crippen LogP) is 11.0. The third kappa shape index (κ3) is 3.31. The summed E-state index contributed by atoms with van der Waals surface area (Å²) in [6.07, 6.45) is 0. The maximum Gasteiger partial charge on any atom is 0.160 e. The van der Waals surface area contributed by atoms with Crippen LogP contribution in [-0.4, -0.2) is 14.4 Å². The average molecular weight is 578 g/mol. The number of para-hydroxylation sites is 2. The monoisotopic (exact) mass is 577 g/mol. The van der Waals surface area contributed by atoms with E-state index in [2.05, 4.69) is 120 Å². The molecule has 10 rings (SSSR count). The van der Waals surface area contributed by atoms with Gasteiger partial charge in [0.1, 0.15) is 0 Å². The van der Waals surface area contributed by atoms with Crippen molar-refractivity contribution >= 4 is 69.7 Å². The van der Waals surface area contributed by atoms with E-state index in [1.54, 1.807) is 11.3 Å². The van der Waals surface area contributed by atoms with Gasteiger partial charge >= 0.3 is 0 Å². The number of hydrogen-bond acceptors (Lipinski definition) is 3. The van der Waals surface area contributed by atoms with E-state index in [4.69, 9.17) is 9.97 Å². The third-order valence-corrected chi connectivity index (χ3v) is 10.1. The van der Waals surface area contributed by atoms with Gasteiger partial charge in [0.05, 0.1) is 32.5 Å². The van der Waals surface area contributed by atoms with E-state index in [1.165, 1.54) is 53.9 Å². The summed E-state index contributed by atoms with van der Waals surface area (Å²) in [6, 6.07) is 49.9. The second-order valence-corrected chi connectivity index (χ2v) is 12.5. The molecule has 4 heterocycles. The molecule has 0 aliphatic heterocycles. The van der Waals surface area contributed by atoms with Crippen LogP contribution in [0.2, 0.25) is 0 Å². The molecule has 4 heteroatoms. The number of benzene rings is 6. The normalized spacial score (nSPS) is 12.1. The predicted molar refractivity (Wildman–Crippen MR) is 186 cm³/mol. The van der Waals surface area contributed by atoms with Crippen LogP contribution in [0.15, 0.2) is 140 Å². The van der Waals surface area contributed by atoms with E-state index in [0.29, 0.717) is 0 Å². The molecule has 0 bridgehead atoms. The SMILES string of the molecule is c1ccc(-c2nc(-c3ccccc3)c3sc4ccc(-c5ccc6c7cccc8c9ccccc9n(c6c5)c87)cc4c3n2)cc1. The molecule has 6 aromatic carbocycles. The Kier molecular flexibility index (Phi) is 4.87. The number of fused-ring (bicyclic) bond motifs is 9. The molecule has 0 saturated heterocycles. The second-order valence-electron chi connectivity index (χ2n) is 11.4. The zero-order valence-electron chi connectivity index (χ0n) is 23.5. The van der Waals surface area contributed by atoms with Crippen molar-refractivity contribution < 1.29 is 0 Å². The molecule has 0 radical (unpaired) electrons. The lowest BCUT2D eigenvalue weighted by Gasteiger charge is -2.07. The van der Waals surface area contributed by atoms with Gasteiger partial charge in [0.2, 0.25) is 0 Å². The lowest BCUT2D eigenvalue weighted by molar-refractivity contribution is 1.24. The van der Waals surface area contributed by atoms with Crippen LogP contribution in [0.3, 0.4) is 0 Å². The fourth-order valence-corrected chi connectivity index (χ4v) is 8.08. The Morgan fingerprint density at radius 1 is 0.455 bits per heavy atom. The highest BCUT2D eigenvalue weighted by atomic mass is 32.1. The van der Waals surface area contributed by atoms with Crippen molar-refractivity contribution in [3.8, 4) is 33.8 Å². The fourth-order valence-electron chi connectivity index (χ4n) is 6.94. The molecule has 0 aliphatic carbocycles. The molecular formula is C40H23N3S. The van der Waals surface area contributed by atoms with Gasteiger partial charge in [0.25, 0.3) is 0 Å². The van der Waals surface area contributed by atoms with Gasteiger partial charge in [-0.2, -0.15) is 0 Å². The molecule has 44 heavy (non-hydrogen) atoms. The van der Waals surface area contributed by atoms with Crippen LogP contribution in [0.1, 0.15) is 0 Å². The van der Waals surface area contributed by atoms with Crippen LogP contribution in [-0.2, 0) is 0 Å². The Labute approximate surface area is 256 Å². The van der Waals surface area contributed by atoms with Crippen LogP contribution in [0, 0.1) is 0 Å². The minimum atomic E-state index is 0.751. The largest absolute Gasteiger partial charge is 0.308 e. The first kappa shape index (κ1) is 23.9. The molecule has 0 aliphatic rings. The smallest absolute Gasteiger partial charge is 0.160 e. The summed E-state index contributed by atoms with van der Waals surface area (Å²) in [4.78, 5) is 10.3. The average Bonchev–Trinajstić information content (AvgIpc) is 3.75. The summed E-state index contributed by atoms with van der Waals surface area (Å²) in [5.74, 6) is 0.751. The quantitative estimate of drug-likeness (QED) is 0.209. The van der Waals surface area contributed by atoms with Crippen LogP contribution < -0.4 is 0 Å². The topological polar surface area (TPSA) is 30.2 Å². The van der Waals surface area contributed by atoms with Gasteiger partial charge in [-0.15, -0.1) is 11.3 Å². The summed E-state index contributed by atoms with van der Waals surface area (Å²) < 4.78 is 4.78. The van der Waals surface area contributed by atoms with E-state index < -0.39 is 0 Å². The molecule has 0 atom stereocenters. The molecule has 0 N–H and O–H groups in total. The molecule has 10 aromatic rings. The Bertz CT molecular complexity index is 2700. The standard InChI is InChI=1S/C40H23N3S/c1-3-10-24(11-4-1)36-39-37(42-40(41-36)25-12-5-2-6-13-25)32-22-26(19-21-35(32)44-39)27-18-20-29-31-16-9-15-30-28-14-7-8-17-33(28)43(38(30)31)34(29)23-27/h1-23H. The summed E-state index contributed by atoms with van der Waals surface area (Å²) in [7, 11) is 0. The van der Waals surface area contributed by atoms with Crippen molar-refractivity contribution in [2.75, 3.05) is 0 Å². The van der Waals surface area contributed by atoms with Crippen LogP contribution >= 0.6 is 11.3 Å². The molecule has 4 aromatic heterocycles. The molecule has 3 nitrogen and oxygen atoms in total. The van der Waals surface area contributed by atoms with Crippen LogP contribution in [0.5, 0.6) is 0 Å². The zero-order chi connectivity index (χ0) is 28.8. The van der Waals surface area contributed by atoms with Crippen molar-refractivity contribution in [1.82, 2.24) is 14.4 Å². The number of hydrogen-bond donors (Lipinski definition) is 0. The molecule has 0 fully saturated rings. The highest BCUT2D eigenvalue weighted by Crippen LogP contribution is 2.43. The minimum Gasteiger partial charge on any atom is -0.308 e. The Morgan fingerprint density at radius 2 is 1.11 bits per heavy atom. The summed E-state index contributed by atoms with van der Waals surface area (Å²) >= 11 is 1.77. The Hall–Kier alpha value is -5.58. The van der Waals surface area contributed by atoms with Gasteiger partial charge in [-0.25, -0.2) is 9.97 Å². The van der Waals surface area contributed by atoms with E-state index in [9.17, 15) is 0 Å². The Balaban J connectivity index is 1.23. The van der Waals surface area contributed by atoms with Gasteiger partial charge < -0.3 is 4.40 Å². The number of aromatic nitrogens is 3. The first-order chi connectivity index (χ1) is 21.8. The molecule has 204 valence electrons. The van der Waals surface area contributed by atoms with Crippen molar-refractivity contribution in [3.05, 3.63) is 140 Å². The highest BCUT2D eigenvalue weighted by molar-refractivity contribution is 7.26. The molecule has 0 unspecified atom stereocenters. The van der Waals surface area contributed by atoms with Crippen LogP contribution in [0.4, 0.5) is 0 Å². The second kappa shape index (κ2) is 8.96. The van der Waals surface area contributed by atoms with Gasteiger partial charge in [-0.1, -0.05) is 115 Å². The lowest BCUT2D eigenvalue weighted by atomic mass is 10.0. The van der Waals surface area contributed by atoms with Crippen molar-refractivity contribution in [2.45, 2.75) is 0 Å². The summed E-state index contributed by atoms with van der Waals surface area (Å²) in [6.45, 7) is 0. The lowest BCUT2D eigenvalue weighted by Crippen LogP contribution is -1.93. The van der Waals surface area contributed by atoms with Gasteiger partial charge in [-0.3, -0.25) is 0 Å². The zero-order valence-corrected chi connectivity index (χ0v) is 24.3. The van der Waals surface area contributed by atoms with Gasteiger partial charge in [-0.05, 0) is 35.4 Å². The molecule has 0 spiro atoms.